The summed E-state index contributed by atoms with van der Waals surface area (Å²) < 4.78 is 0. The van der Waals surface area contributed by atoms with E-state index in [4.69, 9.17) is 0 Å². The molecule has 1 amide bonds. The second-order valence-electron chi connectivity index (χ2n) is 6.93. The molecule has 5 heteroatoms. The normalized spacial score (nSPS) is 17.0. The highest BCUT2D eigenvalue weighted by atomic mass is 16.4. The third-order valence-electron chi connectivity index (χ3n) is 5.16. The van der Waals surface area contributed by atoms with E-state index < -0.39 is 5.97 Å². The van der Waals surface area contributed by atoms with E-state index in [9.17, 15) is 14.7 Å². The number of fused-ring (bicyclic) bond motifs is 1. The Morgan fingerprint density at radius 3 is 2.78 bits per heavy atom. The molecule has 0 aliphatic carbocycles. The van der Waals surface area contributed by atoms with Gasteiger partial charge in [0.1, 0.15) is 0 Å². The van der Waals surface area contributed by atoms with E-state index in [0.717, 1.165) is 35.9 Å². The Bertz CT molecular complexity index is 1020. The molecule has 1 aromatic heterocycles. The van der Waals surface area contributed by atoms with Gasteiger partial charge < -0.3 is 10.0 Å². The van der Waals surface area contributed by atoms with E-state index in [1.807, 2.05) is 41.3 Å². The van der Waals surface area contributed by atoms with Crippen molar-refractivity contribution in [2.75, 3.05) is 13.1 Å². The minimum absolute atomic E-state index is 0.0137. The van der Waals surface area contributed by atoms with Gasteiger partial charge in [0.05, 0.1) is 11.1 Å². The summed E-state index contributed by atoms with van der Waals surface area (Å²) >= 11 is 0. The van der Waals surface area contributed by atoms with Crippen LogP contribution >= 0.6 is 0 Å². The summed E-state index contributed by atoms with van der Waals surface area (Å²) in [5, 5.41) is 10.2. The molecule has 1 aliphatic rings. The van der Waals surface area contributed by atoms with Gasteiger partial charge in [0.2, 0.25) is 0 Å². The van der Waals surface area contributed by atoms with Gasteiger partial charge in [0.25, 0.3) is 5.91 Å². The van der Waals surface area contributed by atoms with Crippen LogP contribution in [-0.4, -0.2) is 40.0 Å². The molecule has 0 radical (unpaired) electrons. The molecule has 2 heterocycles. The molecule has 136 valence electrons. The first-order valence-electron chi connectivity index (χ1n) is 9.09. The van der Waals surface area contributed by atoms with Crippen molar-refractivity contribution in [3.63, 3.8) is 0 Å². The van der Waals surface area contributed by atoms with Crippen molar-refractivity contribution >= 4 is 22.8 Å². The van der Waals surface area contributed by atoms with Gasteiger partial charge in [-0.2, -0.15) is 0 Å². The number of carbonyl (C=O) groups is 2. The quantitative estimate of drug-likeness (QED) is 0.768. The van der Waals surface area contributed by atoms with E-state index in [-0.39, 0.29) is 17.4 Å². The summed E-state index contributed by atoms with van der Waals surface area (Å²) in [5.41, 5.74) is 2.81. The first-order chi connectivity index (χ1) is 13.1. The first kappa shape index (κ1) is 17.2. The molecule has 1 atom stereocenters. The first-order valence-corrected chi connectivity index (χ1v) is 9.09. The van der Waals surface area contributed by atoms with Gasteiger partial charge in [-0.3, -0.25) is 9.78 Å². The summed E-state index contributed by atoms with van der Waals surface area (Å²) in [6.45, 7) is 1.33. The highest BCUT2D eigenvalue weighted by Crippen LogP contribution is 2.28. The number of piperidine rings is 1. The summed E-state index contributed by atoms with van der Waals surface area (Å²) in [4.78, 5) is 30.4. The second-order valence-corrected chi connectivity index (χ2v) is 6.93. The molecule has 2 aromatic carbocycles. The predicted octanol–water partition coefficient (Wildman–Crippen LogP) is 3.95. The summed E-state index contributed by atoms with van der Waals surface area (Å²) in [7, 11) is 0. The number of hydrogen-bond acceptors (Lipinski definition) is 3. The molecule has 4 rings (SSSR count). The number of rotatable bonds is 3. The lowest BCUT2D eigenvalue weighted by molar-refractivity contribution is 0.0688. The third kappa shape index (κ3) is 3.53. The molecule has 3 aromatic rings. The molecular formula is C22H20N2O3. The Kier molecular flexibility index (Phi) is 4.59. The number of amides is 1. The van der Waals surface area contributed by atoms with Crippen LogP contribution in [-0.2, 0) is 0 Å². The maximum absolute atomic E-state index is 13.0. The Morgan fingerprint density at radius 2 is 1.93 bits per heavy atom. The zero-order valence-corrected chi connectivity index (χ0v) is 14.8. The number of carboxylic acids is 1. The highest BCUT2D eigenvalue weighted by Gasteiger charge is 2.26. The van der Waals surface area contributed by atoms with Gasteiger partial charge in [-0.1, -0.05) is 18.2 Å². The summed E-state index contributed by atoms with van der Waals surface area (Å²) in [5.74, 6) is -0.755. The Balaban J connectivity index is 1.56. The van der Waals surface area contributed by atoms with Gasteiger partial charge in [-0.25, -0.2) is 4.79 Å². The zero-order valence-electron chi connectivity index (χ0n) is 14.8. The molecular weight excluding hydrogens is 340 g/mol. The Hall–Kier alpha value is -3.21. The van der Waals surface area contributed by atoms with E-state index in [1.165, 1.54) is 0 Å². The smallest absolute Gasteiger partial charge is 0.335 e. The molecule has 0 unspecified atom stereocenters. The highest BCUT2D eigenvalue weighted by molar-refractivity contribution is 5.98. The molecule has 0 bridgehead atoms. The Morgan fingerprint density at radius 1 is 1.04 bits per heavy atom. The predicted molar refractivity (Wildman–Crippen MR) is 103 cm³/mol. The molecule has 1 N–H and O–H groups in total. The molecule has 0 saturated carbocycles. The van der Waals surface area contributed by atoms with Crippen LogP contribution in [0.25, 0.3) is 10.9 Å². The Labute approximate surface area is 157 Å². The number of aromatic carboxylic acids is 1. The fourth-order valence-corrected chi connectivity index (χ4v) is 3.75. The summed E-state index contributed by atoms with van der Waals surface area (Å²) in [6, 6.07) is 16.5. The van der Waals surface area contributed by atoms with E-state index >= 15 is 0 Å². The number of hydrogen-bond donors (Lipinski definition) is 1. The van der Waals surface area contributed by atoms with Gasteiger partial charge in [0.15, 0.2) is 0 Å². The average molecular weight is 360 g/mol. The lowest BCUT2D eigenvalue weighted by atomic mass is 9.89. The zero-order chi connectivity index (χ0) is 18.8. The average Bonchev–Trinajstić information content (AvgIpc) is 2.73. The van der Waals surface area contributed by atoms with E-state index in [1.54, 1.807) is 24.4 Å². The number of aromatic nitrogens is 1. The number of nitrogens with zero attached hydrogens (tertiary/aromatic N) is 2. The molecule has 5 nitrogen and oxygen atoms in total. The van der Waals surface area contributed by atoms with Crippen molar-refractivity contribution < 1.29 is 14.7 Å². The largest absolute Gasteiger partial charge is 0.478 e. The number of carbonyl (C=O) groups excluding carboxylic acids is 1. The van der Waals surface area contributed by atoms with Crippen LogP contribution in [0.5, 0.6) is 0 Å². The van der Waals surface area contributed by atoms with Crippen molar-refractivity contribution in [1.82, 2.24) is 9.88 Å². The maximum Gasteiger partial charge on any atom is 0.335 e. The number of carboxylic acid groups (broad SMARTS) is 1. The van der Waals surface area contributed by atoms with Crippen molar-refractivity contribution in [3.05, 3.63) is 77.5 Å². The monoisotopic (exact) mass is 360 g/mol. The third-order valence-corrected chi connectivity index (χ3v) is 5.16. The van der Waals surface area contributed by atoms with Gasteiger partial charge in [0, 0.05) is 36.2 Å². The molecule has 0 spiro atoms. The maximum atomic E-state index is 13.0. The minimum Gasteiger partial charge on any atom is -0.478 e. The van der Waals surface area contributed by atoms with E-state index in [2.05, 4.69) is 4.98 Å². The topological polar surface area (TPSA) is 70.5 Å². The van der Waals surface area contributed by atoms with Crippen LogP contribution in [0.1, 0.15) is 45.0 Å². The molecule has 27 heavy (non-hydrogen) atoms. The number of pyridine rings is 1. The molecule has 1 aliphatic heterocycles. The van der Waals surface area contributed by atoms with Gasteiger partial charge in [-0.15, -0.1) is 0 Å². The van der Waals surface area contributed by atoms with Crippen LogP contribution in [0.2, 0.25) is 0 Å². The van der Waals surface area contributed by atoms with Crippen LogP contribution in [0.3, 0.4) is 0 Å². The standard InChI is InChI=1S/C22H20N2O3/c25-21(17-8-9-20-16(13-17)6-2-10-23-20)24-11-3-7-19(14-24)15-4-1-5-18(12-15)22(26)27/h1-2,4-6,8-10,12-13,19H,3,7,11,14H2,(H,26,27)/t19-/m0/s1. The van der Waals surface area contributed by atoms with Gasteiger partial charge >= 0.3 is 5.97 Å². The van der Waals surface area contributed by atoms with Crippen molar-refractivity contribution in [2.24, 2.45) is 0 Å². The van der Waals surface area contributed by atoms with Crippen molar-refractivity contribution in [1.29, 1.82) is 0 Å². The fraction of sp³-hybridized carbons (Fsp3) is 0.227. The van der Waals surface area contributed by atoms with E-state index in [0.29, 0.717) is 12.1 Å². The van der Waals surface area contributed by atoms with Gasteiger partial charge in [-0.05, 0) is 54.8 Å². The molecule has 1 saturated heterocycles. The number of benzene rings is 2. The lowest BCUT2D eigenvalue weighted by Crippen LogP contribution is -2.39. The van der Waals surface area contributed by atoms with Crippen LogP contribution in [0, 0.1) is 0 Å². The second kappa shape index (κ2) is 7.19. The minimum atomic E-state index is -0.926. The SMILES string of the molecule is O=C(O)c1cccc([C@H]2CCCN(C(=O)c3ccc4ncccc4c3)C2)c1. The number of likely N-dealkylation sites (tertiary alicyclic amines) is 1. The summed E-state index contributed by atoms with van der Waals surface area (Å²) in [6.07, 6.45) is 3.60. The van der Waals surface area contributed by atoms with Crippen LogP contribution in [0.4, 0.5) is 0 Å². The van der Waals surface area contributed by atoms with Crippen LogP contribution in [0.15, 0.2) is 60.8 Å². The lowest BCUT2D eigenvalue weighted by Gasteiger charge is -2.33. The fourth-order valence-electron chi connectivity index (χ4n) is 3.75. The van der Waals surface area contributed by atoms with Crippen molar-refractivity contribution in [2.45, 2.75) is 18.8 Å². The molecule has 1 fully saturated rings. The van der Waals surface area contributed by atoms with Crippen molar-refractivity contribution in [3.8, 4) is 0 Å². The van der Waals surface area contributed by atoms with Crippen LogP contribution < -0.4 is 0 Å².